The molecule has 4 nitrogen and oxygen atoms in total. The van der Waals surface area contributed by atoms with E-state index in [9.17, 15) is 4.79 Å². The van der Waals surface area contributed by atoms with Gasteiger partial charge in [0.15, 0.2) is 0 Å². The Morgan fingerprint density at radius 1 is 1.32 bits per heavy atom. The highest BCUT2D eigenvalue weighted by atomic mass is 16.6. The van der Waals surface area contributed by atoms with E-state index >= 15 is 0 Å². The van der Waals surface area contributed by atoms with Crippen molar-refractivity contribution in [3.63, 3.8) is 0 Å². The minimum absolute atomic E-state index is 0.363. The van der Waals surface area contributed by atoms with Crippen molar-refractivity contribution >= 4 is 6.09 Å². The van der Waals surface area contributed by atoms with Crippen LogP contribution in [0.2, 0.25) is 0 Å². The van der Waals surface area contributed by atoms with E-state index in [1.165, 1.54) is 5.56 Å². The van der Waals surface area contributed by atoms with Crippen LogP contribution in [0.3, 0.4) is 0 Å². The summed E-state index contributed by atoms with van der Waals surface area (Å²) < 4.78 is 10.3. The van der Waals surface area contributed by atoms with Crippen molar-refractivity contribution in [1.29, 1.82) is 0 Å². The van der Waals surface area contributed by atoms with Crippen molar-refractivity contribution in [2.75, 3.05) is 13.7 Å². The lowest BCUT2D eigenvalue weighted by Gasteiger charge is -2.19. The maximum atomic E-state index is 11.4. The average Bonchev–Trinajstić information content (AvgIpc) is 2.33. The second-order valence-electron chi connectivity index (χ2n) is 5.38. The Labute approximate surface area is 115 Å². The molecule has 1 rings (SSSR count). The molecule has 1 aromatic carbocycles. The van der Waals surface area contributed by atoms with Gasteiger partial charge < -0.3 is 14.8 Å². The van der Waals surface area contributed by atoms with E-state index < -0.39 is 5.60 Å². The fourth-order valence-electron chi connectivity index (χ4n) is 1.63. The molecule has 0 atom stereocenters. The smallest absolute Gasteiger partial charge is 0.407 e. The number of benzene rings is 1. The Bertz CT molecular complexity index is 410. The van der Waals surface area contributed by atoms with Gasteiger partial charge >= 0.3 is 6.09 Å². The van der Waals surface area contributed by atoms with E-state index in [0.29, 0.717) is 6.54 Å². The molecule has 0 aromatic heterocycles. The van der Waals surface area contributed by atoms with Gasteiger partial charge in [-0.15, -0.1) is 0 Å². The fraction of sp³-hybridized carbons (Fsp3) is 0.533. The number of aryl methyl sites for hydroxylation is 1. The van der Waals surface area contributed by atoms with Crippen molar-refractivity contribution in [1.82, 2.24) is 5.32 Å². The zero-order chi connectivity index (χ0) is 14.3. The van der Waals surface area contributed by atoms with Gasteiger partial charge in [0.1, 0.15) is 11.4 Å². The predicted molar refractivity (Wildman–Crippen MR) is 75.6 cm³/mol. The molecule has 0 saturated heterocycles. The van der Waals surface area contributed by atoms with Gasteiger partial charge in [0.2, 0.25) is 0 Å². The molecule has 0 bridgehead atoms. The van der Waals surface area contributed by atoms with Gasteiger partial charge in [-0.3, -0.25) is 0 Å². The van der Waals surface area contributed by atoms with E-state index in [2.05, 4.69) is 11.4 Å². The van der Waals surface area contributed by atoms with Gasteiger partial charge in [-0.25, -0.2) is 4.79 Å². The van der Waals surface area contributed by atoms with E-state index in [-0.39, 0.29) is 6.09 Å². The highest BCUT2D eigenvalue weighted by molar-refractivity contribution is 5.67. The Kier molecular flexibility index (Phi) is 5.67. The van der Waals surface area contributed by atoms with Gasteiger partial charge in [-0.2, -0.15) is 0 Å². The largest absolute Gasteiger partial charge is 0.497 e. The summed E-state index contributed by atoms with van der Waals surface area (Å²) in [7, 11) is 1.66. The third kappa shape index (κ3) is 6.70. The molecule has 106 valence electrons. The Morgan fingerprint density at radius 3 is 2.68 bits per heavy atom. The zero-order valence-corrected chi connectivity index (χ0v) is 12.2. The third-order valence-corrected chi connectivity index (χ3v) is 2.44. The van der Waals surface area contributed by atoms with Crippen LogP contribution in [-0.4, -0.2) is 25.3 Å². The highest BCUT2D eigenvalue weighted by Crippen LogP contribution is 2.13. The van der Waals surface area contributed by atoms with Crippen LogP contribution in [0.5, 0.6) is 5.75 Å². The summed E-state index contributed by atoms with van der Waals surface area (Å²) in [5.41, 5.74) is 0.752. The van der Waals surface area contributed by atoms with Crippen molar-refractivity contribution in [2.45, 2.75) is 39.2 Å². The van der Waals surface area contributed by atoms with Crippen molar-refractivity contribution in [3.8, 4) is 5.75 Å². The van der Waals surface area contributed by atoms with Crippen LogP contribution in [-0.2, 0) is 11.2 Å². The van der Waals surface area contributed by atoms with Crippen LogP contribution in [0, 0.1) is 0 Å². The molecule has 1 amide bonds. The SMILES string of the molecule is COc1cccc(CCCNC(=O)OC(C)(C)C)c1. The molecule has 0 aliphatic heterocycles. The summed E-state index contributed by atoms with van der Waals surface area (Å²) in [6.07, 6.45) is 1.40. The van der Waals surface area contributed by atoms with E-state index in [0.717, 1.165) is 18.6 Å². The maximum absolute atomic E-state index is 11.4. The van der Waals surface area contributed by atoms with Crippen LogP contribution in [0.1, 0.15) is 32.8 Å². The molecule has 0 heterocycles. The van der Waals surface area contributed by atoms with Crippen LogP contribution >= 0.6 is 0 Å². The summed E-state index contributed by atoms with van der Waals surface area (Å²) >= 11 is 0. The van der Waals surface area contributed by atoms with Crippen LogP contribution in [0.4, 0.5) is 4.79 Å². The first-order valence-corrected chi connectivity index (χ1v) is 6.50. The van der Waals surface area contributed by atoms with Crippen molar-refractivity contribution in [3.05, 3.63) is 29.8 Å². The molecule has 0 radical (unpaired) electrons. The van der Waals surface area contributed by atoms with Crippen molar-refractivity contribution < 1.29 is 14.3 Å². The molecule has 0 spiro atoms. The second kappa shape index (κ2) is 7.02. The first-order chi connectivity index (χ1) is 8.90. The average molecular weight is 265 g/mol. The summed E-state index contributed by atoms with van der Waals surface area (Å²) in [6.45, 7) is 6.15. The summed E-state index contributed by atoms with van der Waals surface area (Å²) in [4.78, 5) is 11.4. The predicted octanol–water partition coefficient (Wildman–Crippen LogP) is 3.15. The number of nitrogens with one attached hydrogen (secondary N) is 1. The number of ether oxygens (including phenoxy) is 2. The van der Waals surface area contributed by atoms with Crippen LogP contribution in [0.15, 0.2) is 24.3 Å². The first kappa shape index (κ1) is 15.3. The number of carbonyl (C=O) groups is 1. The molecule has 1 N–H and O–H groups in total. The molecule has 0 unspecified atom stereocenters. The number of amides is 1. The molecule has 19 heavy (non-hydrogen) atoms. The van der Waals surface area contributed by atoms with E-state index in [4.69, 9.17) is 9.47 Å². The normalized spacial score (nSPS) is 10.9. The summed E-state index contributed by atoms with van der Waals surface area (Å²) in [5, 5.41) is 2.75. The highest BCUT2D eigenvalue weighted by Gasteiger charge is 2.15. The number of hydrogen-bond acceptors (Lipinski definition) is 3. The van der Waals surface area contributed by atoms with Gasteiger partial charge in [0.05, 0.1) is 7.11 Å². The lowest BCUT2D eigenvalue weighted by atomic mass is 10.1. The summed E-state index contributed by atoms with van der Waals surface area (Å²) in [5.74, 6) is 0.859. The number of alkyl carbamates (subject to hydrolysis) is 1. The summed E-state index contributed by atoms with van der Waals surface area (Å²) in [6, 6.07) is 7.95. The minimum Gasteiger partial charge on any atom is -0.497 e. The fourth-order valence-corrected chi connectivity index (χ4v) is 1.63. The Morgan fingerprint density at radius 2 is 2.05 bits per heavy atom. The number of rotatable bonds is 5. The van der Waals surface area contributed by atoms with Crippen molar-refractivity contribution in [2.24, 2.45) is 0 Å². The molecule has 4 heteroatoms. The van der Waals surface area contributed by atoms with E-state index in [1.54, 1.807) is 7.11 Å². The van der Waals surface area contributed by atoms with Crippen LogP contribution in [0.25, 0.3) is 0 Å². The molecule has 0 aliphatic rings. The standard InChI is InChI=1S/C15H23NO3/c1-15(2,3)19-14(17)16-10-6-8-12-7-5-9-13(11-12)18-4/h5,7,9,11H,6,8,10H2,1-4H3,(H,16,17). The van der Waals surface area contributed by atoms with Gasteiger partial charge in [0.25, 0.3) is 0 Å². The molecule has 0 saturated carbocycles. The Hall–Kier alpha value is -1.71. The van der Waals surface area contributed by atoms with Gasteiger partial charge in [0, 0.05) is 6.54 Å². The van der Waals surface area contributed by atoms with E-state index in [1.807, 2.05) is 39.0 Å². The number of carbonyl (C=O) groups excluding carboxylic acids is 1. The lowest BCUT2D eigenvalue weighted by Crippen LogP contribution is -2.33. The Balaban J connectivity index is 2.25. The van der Waals surface area contributed by atoms with Gasteiger partial charge in [-0.1, -0.05) is 12.1 Å². The maximum Gasteiger partial charge on any atom is 0.407 e. The molecule has 0 aliphatic carbocycles. The third-order valence-electron chi connectivity index (χ3n) is 2.44. The zero-order valence-electron chi connectivity index (χ0n) is 12.2. The number of methoxy groups -OCH3 is 1. The first-order valence-electron chi connectivity index (χ1n) is 6.50. The molecular weight excluding hydrogens is 242 g/mol. The topological polar surface area (TPSA) is 47.6 Å². The molecule has 0 fully saturated rings. The lowest BCUT2D eigenvalue weighted by molar-refractivity contribution is 0.0527. The monoisotopic (exact) mass is 265 g/mol. The molecular formula is C15H23NO3. The number of hydrogen-bond donors (Lipinski definition) is 1. The molecule has 1 aromatic rings. The minimum atomic E-state index is -0.448. The second-order valence-corrected chi connectivity index (χ2v) is 5.38. The quantitative estimate of drug-likeness (QED) is 0.832. The van der Waals surface area contributed by atoms with Gasteiger partial charge in [-0.05, 0) is 51.3 Å². The van der Waals surface area contributed by atoms with Crippen LogP contribution < -0.4 is 10.1 Å².